The Bertz CT molecular complexity index is 449. The number of rotatable bonds is 3. The van der Waals surface area contributed by atoms with Crippen LogP contribution in [0.2, 0.25) is 5.02 Å². The van der Waals surface area contributed by atoms with Gasteiger partial charge < -0.3 is 10.6 Å². The summed E-state index contributed by atoms with van der Waals surface area (Å²) in [7, 11) is 0. The fourth-order valence-electron chi connectivity index (χ4n) is 2.13. The van der Waals surface area contributed by atoms with Crippen molar-refractivity contribution in [3.63, 3.8) is 0 Å². The first-order valence-electron chi connectivity index (χ1n) is 6.20. The minimum atomic E-state index is -0.625. The Hall–Kier alpha value is -0.750. The minimum Gasteiger partial charge on any atom is -0.338 e. The maximum absolute atomic E-state index is 12.3. The topological polar surface area (TPSA) is 49.6 Å². The van der Waals surface area contributed by atoms with Gasteiger partial charge in [-0.1, -0.05) is 35.7 Å². The molecular weight excluding hydrogens is 282 g/mol. The van der Waals surface area contributed by atoms with Crippen LogP contribution in [0.5, 0.6) is 0 Å². The zero-order chi connectivity index (χ0) is 13.8. The lowest BCUT2D eigenvalue weighted by Crippen LogP contribution is -2.49. The number of amides is 1. The van der Waals surface area contributed by atoms with Gasteiger partial charge in [-0.2, -0.15) is 0 Å². The Morgan fingerprint density at radius 1 is 1.37 bits per heavy atom. The SMILES string of the molecule is CSN1CCN(C(=O)C(N)c2cccc(Cl)c2)CC1. The second-order valence-corrected chi connectivity index (χ2v) is 5.79. The van der Waals surface area contributed by atoms with Gasteiger partial charge in [0, 0.05) is 31.2 Å². The average Bonchev–Trinajstić information content (AvgIpc) is 2.46. The van der Waals surface area contributed by atoms with Gasteiger partial charge in [0.25, 0.3) is 0 Å². The molecule has 0 saturated carbocycles. The van der Waals surface area contributed by atoms with Crippen molar-refractivity contribution >= 4 is 29.5 Å². The number of hydrogen-bond acceptors (Lipinski definition) is 4. The van der Waals surface area contributed by atoms with Crippen LogP contribution in [0.4, 0.5) is 0 Å². The third-order valence-electron chi connectivity index (χ3n) is 3.28. The van der Waals surface area contributed by atoms with Gasteiger partial charge >= 0.3 is 0 Å². The summed E-state index contributed by atoms with van der Waals surface area (Å²) in [5, 5.41) is 0.605. The second kappa shape index (κ2) is 6.61. The zero-order valence-corrected chi connectivity index (χ0v) is 12.5. The van der Waals surface area contributed by atoms with Crippen LogP contribution in [-0.4, -0.2) is 47.5 Å². The van der Waals surface area contributed by atoms with Crippen molar-refractivity contribution in [2.75, 3.05) is 32.4 Å². The lowest BCUT2D eigenvalue weighted by atomic mass is 10.1. The monoisotopic (exact) mass is 299 g/mol. The predicted octanol–water partition coefficient (Wildman–Crippen LogP) is 1.76. The highest BCUT2D eigenvalue weighted by molar-refractivity contribution is 7.96. The van der Waals surface area contributed by atoms with Gasteiger partial charge in [0.05, 0.1) is 0 Å². The molecule has 1 heterocycles. The summed E-state index contributed by atoms with van der Waals surface area (Å²) in [5.74, 6) is -0.0250. The summed E-state index contributed by atoms with van der Waals surface area (Å²) in [5.41, 5.74) is 6.81. The molecule has 0 aromatic heterocycles. The molecule has 1 atom stereocenters. The smallest absolute Gasteiger partial charge is 0.244 e. The van der Waals surface area contributed by atoms with Gasteiger partial charge in [-0.3, -0.25) is 4.79 Å². The van der Waals surface area contributed by atoms with E-state index < -0.39 is 6.04 Å². The Labute approximate surface area is 123 Å². The van der Waals surface area contributed by atoms with Gasteiger partial charge in [0.1, 0.15) is 6.04 Å². The van der Waals surface area contributed by atoms with Crippen LogP contribution in [0.15, 0.2) is 24.3 Å². The number of piperazine rings is 1. The molecule has 1 aliphatic heterocycles. The van der Waals surface area contributed by atoms with Crippen LogP contribution < -0.4 is 5.73 Å². The van der Waals surface area contributed by atoms with Crippen molar-refractivity contribution < 1.29 is 4.79 Å². The van der Waals surface area contributed by atoms with Crippen LogP contribution in [0, 0.1) is 0 Å². The quantitative estimate of drug-likeness (QED) is 0.864. The average molecular weight is 300 g/mol. The van der Waals surface area contributed by atoms with E-state index in [1.165, 1.54) is 0 Å². The fraction of sp³-hybridized carbons (Fsp3) is 0.462. The van der Waals surface area contributed by atoms with Crippen molar-refractivity contribution in [1.82, 2.24) is 9.21 Å². The Balaban J connectivity index is 2.00. The molecule has 1 saturated heterocycles. The zero-order valence-electron chi connectivity index (χ0n) is 10.9. The van der Waals surface area contributed by atoms with Gasteiger partial charge in [0.15, 0.2) is 0 Å². The molecule has 0 radical (unpaired) electrons. The lowest BCUT2D eigenvalue weighted by molar-refractivity contribution is -0.133. The Morgan fingerprint density at radius 3 is 2.63 bits per heavy atom. The second-order valence-electron chi connectivity index (χ2n) is 4.47. The number of nitrogens with two attached hydrogens (primary N) is 1. The van der Waals surface area contributed by atoms with Crippen LogP contribution in [-0.2, 0) is 4.79 Å². The normalized spacial score (nSPS) is 18.4. The van der Waals surface area contributed by atoms with Crippen LogP contribution in [0.1, 0.15) is 11.6 Å². The predicted molar refractivity (Wildman–Crippen MR) is 80.0 cm³/mol. The molecular formula is C13H18ClN3OS. The van der Waals surface area contributed by atoms with Gasteiger partial charge in [-0.25, -0.2) is 4.31 Å². The maximum Gasteiger partial charge on any atom is 0.244 e. The Kier molecular flexibility index (Phi) is 5.10. The highest BCUT2D eigenvalue weighted by atomic mass is 35.5. The molecule has 0 spiro atoms. The van der Waals surface area contributed by atoms with E-state index >= 15 is 0 Å². The summed E-state index contributed by atoms with van der Waals surface area (Å²) in [6.07, 6.45) is 2.05. The van der Waals surface area contributed by atoms with E-state index in [1.54, 1.807) is 24.1 Å². The first kappa shape index (κ1) is 14.7. The summed E-state index contributed by atoms with van der Waals surface area (Å²) < 4.78 is 2.24. The highest BCUT2D eigenvalue weighted by Crippen LogP contribution is 2.19. The number of carbonyl (C=O) groups is 1. The molecule has 104 valence electrons. The van der Waals surface area contributed by atoms with Crippen LogP contribution in [0.25, 0.3) is 0 Å². The summed E-state index contributed by atoms with van der Waals surface area (Å²) >= 11 is 7.64. The number of benzene rings is 1. The molecule has 1 amide bonds. The van der Waals surface area contributed by atoms with Crippen molar-refractivity contribution in [1.29, 1.82) is 0 Å². The lowest BCUT2D eigenvalue weighted by Gasteiger charge is -2.34. The third-order valence-corrected chi connectivity index (χ3v) is 4.40. The van der Waals surface area contributed by atoms with E-state index in [0.717, 1.165) is 31.7 Å². The van der Waals surface area contributed by atoms with E-state index in [4.69, 9.17) is 17.3 Å². The highest BCUT2D eigenvalue weighted by Gasteiger charge is 2.25. The molecule has 1 aliphatic rings. The van der Waals surface area contributed by atoms with E-state index in [-0.39, 0.29) is 5.91 Å². The van der Waals surface area contributed by atoms with Crippen molar-refractivity contribution in [2.45, 2.75) is 6.04 Å². The summed E-state index contributed by atoms with van der Waals surface area (Å²) in [6.45, 7) is 3.23. The number of halogens is 1. The molecule has 6 heteroatoms. The number of hydrogen-bond donors (Lipinski definition) is 1. The molecule has 4 nitrogen and oxygen atoms in total. The van der Waals surface area contributed by atoms with Gasteiger partial charge in [-0.15, -0.1) is 0 Å². The maximum atomic E-state index is 12.3. The van der Waals surface area contributed by atoms with Gasteiger partial charge in [-0.05, 0) is 24.0 Å². The molecule has 0 bridgehead atoms. The molecule has 1 aromatic rings. The van der Waals surface area contributed by atoms with Gasteiger partial charge in [0.2, 0.25) is 5.91 Å². The van der Waals surface area contributed by atoms with E-state index in [9.17, 15) is 4.79 Å². The summed E-state index contributed by atoms with van der Waals surface area (Å²) in [6, 6.07) is 6.56. The van der Waals surface area contributed by atoms with Crippen molar-refractivity contribution in [2.24, 2.45) is 5.73 Å². The molecule has 1 unspecified atom stereocenters. The first-order valence-corrected chi connectivity index (χ1v) is 7.76. The van der Waals surface area contributed by atoms with E-state index in [1.807, 2.05) is 17.0 Å². The summed E-state index contributed by atoms with van der Waals surface area (Å²) in [4.78, 5) is 14.2. The van der Waals surface area contributed by atoms with Crippen LogP contribution >= 0.6 is 23.5 Å². The van der Waals surface area contributed by atoms with Crippen molar-refractivity contribution in [3.8, 4) is 0 Å². The van der Waals surface area contributed by atoms with Crippen molar-refractivity contribution in [3.05, 3.63) is 34.9 Å². The largest absolute Gasteiger partial charge is 0.338 e. The number of carbonyl (C=O) groups excluding carboxylic acids is 1. The number of nitrogens with zero attached hydrogens (tertiary/aromatic N) is 2. The molecule has 0 aliphatic carbocycles. The fourth-order valence-corrected chi connectivity index (χ4v) is 2.86. The van der Waals surface area contributed by atoms with Crippen LogP contribution in [0.3, 0.4) is 0 Å². The third kappa shape index (κ3) is 3.63. The molecule has 2 N–H and O–H groups in total. The molecule has 2 rings (SSSR count). The molecule has 19 heavy (non-hydrogen) atoms. The standard InChI is InChI=1S/C13H18ClN3OS/c1-19-17-7-5-16(6-8-17)13(18)12(15)10-3-2-4-11(14)9-10/h2-4,9,12H,5-8,15H2,1H3. The van der Waals surface area contributed by atoms with E-state index in [2.05, 4.69) is 10.6 Å². The van der Waals surface area contributed by atoms with E-state index in [0.29, 0.717) is 5.02 Å². The molecule has 1 fully saturated rings. The Morgan fingerprint density at radius 2 is 2.05 bits per heavy atom. The first-order chi connectivity index (χ1) is 9.11. The minimum absolute atomic E-state index is 0.0250. The molecule has 1 aromatic carbocycles.